The molecule has 3 rings (SSSR count). The summed E-state index contributed by atoms with van der Waals surface area (Å²) in [5, 5.41) is 45.4. The van der Waals surface area contributed by atoms with Crippen molar-refractivity contribution in [2.75, 3.05) is 34.9 Å². The smallest absolute Gasteiger partial charge is 0.404 e. The number of hydrogen-bond acceptors (Lipinski definition) is 15. The number of nitrogens with zero attached hydrogens (tertiary/aromatic N) is 3. The molecular formula is C53H99N5O12. The van der Waals surface area contributed by atoms with Crippen LogP contribution in [0.4, 0.5) is 4.79 Å². The lowest BCUT2D eigenvalue weighted by Crippen LogP contribution is -2.46. The number of aldehydes is 1. The van der Waals surface area contributed by atoms with Crippen molar-refractivity contribution in [2.45, 2.75) is 220 Å². The Morgan fingerprint density at radius 1 is 0.957 bits per heavy atom. The van der Waals surface area contributed by atoms with Gasteiger partial charge in [0.05, 0.1) is 36.2 Å². The first-order chi connectivity index (χ1) is 33.1. The number of carbonyl (C=O) groups is 2. The fourth-order valence-corrected chi connectivity index (χ4v) is 9.47. The van der Waals surface area contributed by atoms with Gasteiger partial charge in [-0.15, -0.1) is 0 Å². The van der Waals surface area contributed by atoms with Crippen LogP contribution in [0.2, 0.25) is 0 Å². The third-order valence-corrected chi connectivity index (χ3v) is 13.4. The van der Waals surface area contributed by atoms with Crippen LogP contribution in [0.15, 0.2) is 40.7 Å². The Morgan fingerprint density at radius 3 is 2.11 bits per heavy atom. The van der Waals surface area contributed by atoms with Crippen molar-refractivity contribution in [3.63, 3.8) is 0 Å². The van der Waals surface area contributed by atoms with Crippen LogP contribution in [0.5, 0.6) is 0 Å². The average Bonchev–Trinajstić information content (AvgIpc) is 3.32. The van der Waals surface area contributed by atoms with E-state index in [2.05, 4.69) is 48.2 Å². The third kappa shape index (κ3) is 27.1. The molecule has 17 heteroatoms. The van der Waals surface area contributed by atoms with E-state index in [-0.39, 0.29) is 48.0 Å². The summed E-state index contributed by atoms with van der Waals surface area (Å²) >= 11 is 0. The predicted octanol–water partition coefficient (Wildman–Crippen LogP) is 8.92. The average molecular weight is 998 g/mol. The van der Waals surface area contributed by atoms with Crippen LogP contribution in [-0.2, 0) is 35.1 Å². The minimum atomic E-state index is -0.992. The van der Waals surface area contributed by atoms with Crippen molar-refractivity contribution in [1.82, 2.24) is 10.2 Å². The molecule has 7 N–H and O–H groups in total. The number of benzene rings is 1. The monoisotopic (exact) mass is 998 g/mol. The lowest BCUT2D eigenvalue weighted by atomic mass is 9.76. The van der Waals surface area contributed by atoms with Gasteiger partial charge < -0.3 is 65.0 Å². The van der Waals surface area contributed by atoms with E-state index < -0.39 is 42.3 Å². The van der Waals surface area contributed by atoms with E-state index in [1.165, 1.54) is 25.7 Å². The van der Waals surface area contributed by atoms with Crippen molar-refractivity contribution in [3.05, 3.63) is 40.8 Å². The number of nitrogens with one attached hydrogen (secondary N) is 1. The number of oxime groups is 1. The van der Waals surface area contributed by atoms with Gasteiger partial charge in [-0.05, 0) is 103 Å². The molecule has 9 unspecified atom stereocenters. The number of rotatable bonds is 28. The molecule has 0 spiro atoms. The highest BCUT2D eigenvalue weighted by molar-refractivity contribution is 5.88. The molecule has 2 fully saturated rings. The second-order valence-corrected chi connectivity index (χ2v) is 20.2. The molecule has 0 bridgehead atoms. The number of nitrogens with two attached hydrogens (primary N) is 1. The maximum atomic E-state index is 12.5. The van der Waals surface area contributed by atoms with E-state index in [0.717, 1.165) is 56.8 Å². The minimum Gasteiger partial charge on any atom is -0.465 e. The van der Waals surface area contributed by atoms with Crippen LogP contribution in [-0.4, -0.2) is 139 Å². The van der Waals surface area contributed by atoms with E-state index in [0.29, 0.717) is 44.9 Å². The Balaban J connectivity index is 0.00000159. The van der Waals surface area contributed by atoms with Gasteiger partial charge in [-0.3, -0.25) is 0 Å². The maximum absolute atomic E-state index is 12.5. The molecule has 1 aromatic carbocycles. The summed E-state index contributed by atoms with van der Waals surface area (Å²) in [6.45, 7) is 20.9. The zero-order valence-electron chi connectivity index (χ0n) is 45.6. The third-order valence-electron chi connectivity index (χ3n) is 13.4. The number of nitroso groups, excluding NO2 is 1. The van der Waals surface area contributed by atoms with Gasteiger partial charge in [0.2, 0.25) is 0 Å². The first-order valence-corrected chi connectivity index (χ1v) is 25.9. The van der Waals surface area contributed by atoms with Crippen molar-refractivity contribution >= 4 is 18.1 Å². The zero-order chi connectivity index (χ0) is 53.4. The van der Waals surface area contributed by atoms with E-state index in [9.17, 15) is 24.7 Å². The molecule has 70 heavy (non-hydrogen) atoms. The Hall–Kier alpha value is -3.13. The number of aliphatic hydroxyl groups excluding tert-OH is 3. The molecule has 17 nitrogen and oxygen atoms in total. The van der Waals surface area contributed by atoms with Gasteiger partial charge in [0.25, 0.3) is 0 Å². The molecule has 0 aromatic heterocycles. The Bertz CT molecular complexity index is 1500. The molecule has 0 radical (unpaired) electrons. The summed E-state index contributed by atoms with van der Waals surface area (Å²) in [5.74, 6) is -0.659. The van der Waals surface area contributed by atoms with Gasteiger partial charge in [-0.1, -0.05) is 115 Å². The minimum absolute atomic E-state index is 0.00610. The van der Waals surface area contributed by atoms with E-state index in [1.807, 2.05) is 86.0 Å². The van der Waals surface area contributed by atoms with Crippen LogP contribution < -0.4 is 11.1 Å². The largest absolute Gasteiger partial charge is 0.465 e. The van der Waals surface area contributed by atoms with Crippen molar-refractivity contribution < 1.29 is 53.8 Å². The normalized spacial score (nSPS) is 25.2. The SMILES string of the molecule is CC1CC(N(C)C)CC(O)O1.CCCCCCCCO/N=C(/[C@H](C)C[C@@H](N)C(CC)OC)[C@H](C)C[C@@](C)(CC(C)C(O[C@H]1CC(C)[C@@H](O)C(C)O1)C(C)C=O)N=O.CO.O=C(O)NCc1ccccc1. The lowest BCUT2D eigenvalue weighted by molar-refractivity contribution is -0.258. The molecule has 1 aromatic rings. The van der Waals surface area contributed by atoms with Crippen LogP contribution in [0.25, 0.3) is 0 Å². The van der Waals surface area contributed by atoms with E-state index in [4.69, 9.17) is 39.7 Å². The van der Waals surface area contributed by atoms with Gasteiger partial charge >= 0.3 is 6.09 Å². The fraction of sp³-hybridized carbons (Fsp3) is 0.830. The lowest BCUT2D eigenvalue weighted by Gasteiger charge is -2.40. The molecule has 2 aliphatic rings. The van der Waals surface area contributed by atoms with E-state index in [1.54, 1.807) is 7.11 Å². The zero-order valence-corrected chi connectivity index (χ0v) is 45.6. The number of hydrogen-bond donors (Lipinski definition) is 6. The molecule has 2 heterocycles. The molecule has 0 saturated carbocycles. The number of ether oxygens (including phenoxy) is 4. The predicted molar refractivity (Wildman–Crippen MR) is 278 cm³/mol. The Labute approximate surface area is 422 Å². The topological polar surface area (TPSA) is 244 Å². The summed E-state index contributed by atoms with van der Waals surface area (Å²) in [5.41, 5.74) is 7.46. The molecule has 0 aliphatic carbocycles. The standard InChI is InChI=1S/C36H69N3O7.C8H17NO2.C8H9NO2.CH4O/c1-11-13-14-15-16-17-18-44-38-33(24(3)19-30(37)31(12-2)43-10)26(5)21-36(9,39-42)22-27(6)35(28(7)23-40)46-32-20-25(4)34(41)29(8)45-32;1-6-4-7(9(2)3)5-8(10)11-6;10-8(11)9-6-7-4-2-1-3-5-7;1-2/h23-32,34-35,41H,11-22,37H2,1-10H3;6-8,10H,4-5H2,1-3H3;1-5,9H,6H2,(H,10,11);2H,1H3/b38-33-;;;/t24-,25?,26-,27?,28?,29?,30-,31?,32+,34-,35?,36+;;;/m1.../s1. The molecular weight excluding hydrogens is 899 g/mol. The summed E-state index contributed by atoms with van der Waals surface area (Å²) in [7, 11) is 6.76. The Morgan fingerprint density at radius 2 is 1.59 bits per heavy atom. The summed E-state index contributed by atoms with van der Waals surface area (Å²) in [6.07, 6.45) is 9.19. The first kappa shape index (κ1) is 66.9. The van der Waals surface area contributed by atoms with Gasteiger partial charge in [0.15, 0.2) is 12.6 Å². The second-order valence-electron chi connectivity index (χ2n) is 20.2. The summed E-state index contributed by atoms with van der Waals surface area (Å²) < 4.78 is 23.1. The highest BCUT2D eigenvalue weighted by Gasteiger charge is 2.40. The summed E-state index contributed by atoms with van der Waals surface area (Å²) in [4.78, 5) is 42.5. The van der Waals surface area contributed by atoms with E-state index >= 15 is 0 Å². The molecule has 2 saturated heterocycles. The van der Waals surface area contributed by atoms with Gasteiger partial charge in [0.1, 0.15) is 18.4 Å². The first-order valence-electron chi connectivity index (χ1n) is 25.9. The number of unbranched alkanes of at least 4 members (excludes halogenated alkanes) is 5. The number of carboxylic acid groups (broad SMARTS) is 1. The number of amides is 1. The number of methoxy groups -OCH3 is 1. The molecule has 1 amide bonds. The van der Waals surface area contributed by atoms with Crippen molar-refractivity contribution in [1.29, 1.82) is 0 Å². The quantitative estimate of drug-likeness (QED) is 0.0151. The second kappa shape index (κ2) is 37.6. The van der Waals surface area contributed by atoms with Crippen molar-refractivity contribution in [3.8, 4) is 0 Å². The highest BCUT2D eigenvalue weighted by atomic mass is 16.7. The molecule has 2 aliphatic heterocycles. The van der Waals surface area contributed by atoms with Gasteiger partial charge in [-0.25, -0.2) is 4.79 Å². The molecule has 408 valence electrons. The maximum Gasteiger partial charge on any atom is 0.404 e. The van der Waals surface area contributed by atoms with Crippen LogP contribution in [0, 0.1) is 34.5 Å². The number of carbonyl (C=O) groups excluding carboxylic acids is 1. The summed E-state index contributed by atoms with van der Waals surface area (Å²) in [6, 6.07) is 9.69. The van der Waals surface area contributed by atoms with Crippen LogP contribution in [0.1, 0.15) is 158 Å². The van der Waals surface area contributed by atoms with Crippen molar-refractivity contribution in [2.24, 2.45) is 45.7 Å². The van der Waals surface area contributed by atoms with Crippen LogP contribution in [0.3, 0.4) is 0 Å². The van der Waals surface area contributed by atoms with Gasteiger partial charge in [0, 0.05) is 57.5 Å². The highest BCUT2D eigenvalue weighted by Crippen LogP contribution is 2.36. The number of aliphatic hydroxyl groups is 3. The fourth-order valence-electron chi connectivity index (χ4n) is 9.47. The Kier molecular flexibility index (Phi) is 35.9. The molecule has 15 atom stereocenters. The van der Waals surface area contributed by atoms with Crippen LogP contribution >= 0.6 is 0 Å². The van der Waals surface area contributed by atoms with Gasteiger partial charge in [-0.2, -0.15) is 4.91 Å².